The predicted octanol–water partition coefficient (Wildman–Crippen LogP) is 2.13. The molecule has 0 aliphatic carbocycles. The van der Waals surface area contributed by atoms with Crippen LogP contribution in [0.4, 0.5) is 4.39 Å². The highest BCUT2D eigenvalue weighted by Gasteiger charge is 2.27. The van der Waals surface area contributed by atoms with Crippen LogP contribution in [0.2, 0.25) is 0 Å². The zero-order valence-corrected chi connectivity index (χ0v) is 11.1. The van der Waals surface area contributed by atoms with Crippen molar-refractivity contribution >= 4 is 11.9 Å². The minimum absolute atomic E-state index is 0.0954. The van der Waals surface area contributed by atoms with Gasteiger partial charge < -0.3 is 10.4 Å². The largest absolute Gasteiger partial charge is 0.481 e. The van der Waals surface area contributed by atoms with Crippen molar-refractivity contribution in [2.75, 3.05) is 0 Å². The van der Waals surface area contributed by atoms with Gasteiger partial charge in [0.1, 0.15) is 5.82 Å². The number of carbonyl (C=O) groups is 2. The van der Waals surface area contributed by atoms with Crippen LogP contribution in [-0.2, 0) is 16.0 Å². The van der Waals surface area contributed by atoms with Gasteiger partial charge in [0.25, 0.3) is 0 Å². The first-order valence-electron chi connectivity index (χ1n) is 6.12. The third kappa shape index (κ3) is 4.69. The molecule has 4 nitrogen and oxygen atoms in total. The maximum absolute atomic E-state index is 13.4. The molecule has 5 heteroatoms. The first-order valence-corrected chi connectivity index (χ1v) is 6.12. The number of aliphatic carboxylic acids is 1. The van der Waals surface area contributed by atoms with E-state index in [0.717, 1.165) is 0 Å². The van der Waals surface area contributed by atoms with Gasteiger partial charge in [-0.15, -0.1) is 0 Å². The van der Waals surface area contributed by atoms with Gasteiger partial charge in [0, 0.05) is 5.54 Å². The monoisotopic (exact) mass is 267 g/mol. The van der Waals surface area contributed by atoms with Gasteiger partial charge in [-0.05, 0) is 25.0 Å². The summed E-state index contributed by atoms with van der Waals surface area (Å²) in [7, 11) is 0. The van der Waals surface area contributed by atoms with Crippen molar-refractivity contribution < 1.29 is 19.1 Å². The lowest BCUT2D eigenvalue weighted by molar-refractivity contribution is -0.139. The number of amides is 1. The maximum Gasteiger partial charge on any atom is 0.305 e. The van der Waals surface area contributed by atoms with E-state index < -0.39 is 17.3 Å². The minimum Gasteiger partial charge on any atom is -0.481 e. The second-order valence-corrected chi connectivity index (χ2v) is 4.80. The summed E-state index contributed by atoms with van der Waals surface area (Å²) in [5, 5.41) is 11.5. The summed E-state index contributed by atoms with van der Waals surface area (Å²) >= 11 is 0. The molecule has 2 N–H and O–H groups in total. The Morgan fingerprint density at radius 1 is 1.37 bits per heavy atom. The van der Waals surface area contributed by atoms with Crippen molar-refractivity contribution in [1.29, 1.82) is 0 Å². The fourth-order valence-electron chi connectivity index (χ4n) is 1.79. The number of carbonyl (C=O) groups excluding carboxylic acids is 1. The fraction of sp³-hybridized carbons (Fsp3) is 0.429. The molecule has 0 fully saturated rings. The molecule has 1 atom stereocenters. The van der Waals surface area contributed by atoms with Crippen LogP contribution in [0.3, 0.4) is 0 Å². The molecule has 1 amide bonds. The van der Waals surface area contributed by atoms with E-state index in [1.54, 1.807) is 26.0 Å². The zero-order valence-electron chi connectivity index (χ0n) is 11.1. The summed E-state index contributed by atoms with van der Waals surface area (Å²) in [5.74, 6) is -1.79. The normalized spacial score (nSPS) is 13.6. The second kappa shape index (κ2) is 6.31. The molecule has 0 unspecified atom stereocenters. The average molecular weight is 267 g/mol. The Morgan fingerprint density at radius 2 is 2.00 bits per heavy atom. The Hall–Kier alpha value is -1.91. The van der Waals surface area contributed by atoms with E-state index in [1.165, 1.54) is 12.1 Å². The van der Waals surface area contributed by atoms with Crippen LogP contribution in [0.15, 0.2) is 24.3 Å². The van der Waals surface area contributed by atoms with Crippen LogP contribution in [0.5, 0.6) is 0 Å². The van der Waals surface area contributed by atoms with Gasteiger partial charge in [0.05, 0.1) is 12.8 Å². The highest BCUT2D eigenvalue weighted by Crippen LogP contribution is 2.15. The van der Waals surface area contributed by atoms with Crippen molar-refractivity contribution in [1.82, 2.24) is 5.32 Å². The number of rotatable bonds is 6. The molecule has 0 saturated carbocycles. The molecule has 1 rings (SSSR count). The van der Waals surface area contributed by atoms with Crippen LogP contribution >= 0.6 is 0 Å². The molecule has 19 heavy (non-hydrogen) atoms. The third-order valence-corrected chi connectivity index (χ3v) is 3.07. The van der Waals surface area contributed by atoms with Crippen molar-refractivity contribution in [3.8, 4) is 0 Å². The van der Waals surface area contributed by atoms with Gasteiger partial charge in [-0.25, -0.2) is 4.39 Å². The van der Waals surface area contributed by atoms with Crippen LogP contribution in [0.25, 0.3) is 0 Å². The van der Waals surface area contributed by atoms with Crippen LogP contribution in [0, 0.1) is 5.82 Å². The molecular weight excluding hydrogens is 249 g/mol. The summed E-state index contributed by atoms with van der Waals surface area (Å²) in [6.45, 7) is 3.46. The molecule has 0 spiro atoms. The van der Waals surface area contributed by atoms with E-state index in [1.807, 2.05) is 0 Å². The zero-order chi connectivity index (χ0) is 14.5. The first-order chi connectivity index (χ1) is 8.86. The van der Waals surface area contributed by atoms with Gasteiger partial charge in [0.2, 0.25) is 5.91 Å². The Morgan fingerprint density at radius 3 is 2.53 bits per heavy atom. The molecule has 1 aromatic rings. The maximum atomic E-state index is 13.4. The van der Waals surface area contributed by atoms with Crippen LogP contribution in [-0.4, -0.2) is 22.5 Å². The van der Waals surface area contributed by atoms with Crippen molar-refractivity contribution in [3.05, 3.63) is 35.6 Å². The first kappa shape index (κ1) is 15.1. The molecule has 0 aliphatic rings. The van der Waals surface area contributed by atoms with Gasteiger partial charge in [-0.3, -0.25) is 9.59 Å². The predicted molar refractivity (Wildman–Crippen MR) is 69.2 cm³/mol. The number of hydrogen-bond acceptors (Lipinski definition) is 2. The summed E-state index contributed by atoms with van der Waals surface area (Å²) in [5.41, 5.74) is -0.512. The second-order valence-electron chi connectivity index (χ2n) is 4.80. The summed E-state index contributed by atoms with van der Waals surface area (Å²) < 4.78 is 13.4. The number of carboxylic acid groups (broad SMARTS) is 1. The van der Waals surface area contributed by atoms with Crippen LogP contribution in [0.1, 0.15) is 32.3 Å². The van der Waals surface area contributed by atoms with Crippen molar-refractivity contribution in [2.24, 2.45) is 0 Å². The Kier molecular flexibility index (Phi) is 5.03. The molecular formula is C14H18FNO3. The van der Waals surface area contributed by atoms with Crippen molar-refractivity contribution in [2.45, 2.75) is 38.6 Å². The minimum atomic E-state index is -0.976. The van der Waals surface area contributed by atoms with E-state index in [-0.39, 0.29) is 18.7 Å². The summed E-state index contributed by atoms with van der Waals surface area (Å²) in [6.07, 6.45) is 0.233. The molecule has 1 aromatic carbocycles. The Bertz CT molecular complexity index is 476. The number of halogens is 1. The number of nitrogens with one attached hydrogen (secondary N) is 1. The third-order valence-electron chi connectivity index (χ3n) is 3.07. The summed E-state index contributed by atoms with van der Waals surface area (Å²) in [6, 6.07) is 6.04. The molecule has 0 saturated heterocycles. The van der Waals surface area contributed by atoms with E-state index >= 15 is 0 Å². The van der Waals surface area contributed by atoms with Gasteiger partial charge in [0.15, 0.2) is 0 Å². The molecule has 0 heterocycles. The van der Waals surface area contributed by atoms with E-state index in [0.29, 0.717) is 12.0 Å². The molecule has 104 valence electrons. The average Bonchev–Trinajstić information content (AvgIpc) is 2.31. The highest BCUT2D eigenvalue weighted by molar-refractivity contribution is 5.80. The lowest BCUT2D eigenvalue weighted by Gasteiger charge is -2.28. The van der Waals surface area contributed by atoms with Gasteiger partial charge in [-0.2, -0.15) is 0 Å². The number of carboxylic acids is 1. The topological polar surface area (TPSA) is 66.4 Å². The Balaban J connectivity index is 2.69. The quantitative estimate of drug-likeness (QED) is 0.829. The lowest BCUT2D eigenvalue weighted by atomic mass is 9.94. The van der Waals surface area contributed by atoms with Gasteiger partial charge >= 0.3 is 5.97 Å². The standard InChI is InChI=1S/C14H18FNO3/c1-3-14(2,9-13(18)19)16-12(17)8-10-6-4-5-7-11(10)15/h4-7H,3,8-9H2,1-2H3,(H,16,17)(H,18,19)/t14-/m1/s1. The summed E-state index contributed by atoms with van der Waals surface area (Å²) in [4.78, 5) is 22.6. The van der Waals surface area contributed by atoms with E-state index in [4.69, 9.17) is 5.11 Å². The molecule has 0 aromatic heterocycles. The molecule has 0 radical (unpaired) electrons. The molecule has 0 aliphatic heterocycles. The van der Waals surface area contributed by atoms with E-state index in [2.05, 4.69) is 5.32 Å². The fourth-order valence-corrected chi connectivity index (χ4v) is 1.79. The number of hydrogen-bond donors (Lipinski definition) is 2. The SMILES string of the molecule is CC[C@](C)(CC(=O)O)NC(=O)Cc1ccccc1F. The van der Waals surface area contributed by atoms with Crippen molar-refractivity contribution in [3.63, 3.8) is 0 Å². The van der Waals surface area contributed by atoms with Crippen LogP contribution < -0.4 is 5.32 Å². The molecule has 0 bridgehead atoms. The number of benzene rings is 1. The smallest absolute Gasteiger partial charge is 0.305 e. The highest BCUT2D eigenvalue weighted by atomic mass is 19.1. The van der Waals surface area contributed by atoms with Gasteiger partial charge in [-0.1, -0.05) is 25.1 Å². The lowest BCUT2D eigenvalue weighted by Crippen LogP contribution is -2.47. The van der Waals surface area contributed by atoms with E-state index in [9.17, 15) is 14.0 Å². The Labute approximate surface area is 111 Å².